The molecule has 1 rings (SSSR count). The van der Waals surface area contributed by atoms with Crippen molar-refractivity contribution in [2.24, 2.45) is 0 Å². The topological polar surface area (TPSA) is 69.7 Å². The Kier molecular flexibility index (Phi) is 9.25. The quantitative estimate of drug-likeness (QED) is 0.690. The van der Waals surface area contributed by atoms with Crippen LogP contribution in [0.1, 0.15) is 71.6 Å². The Hall–Kier alpha value is -1.65. The van der Waals surface area contributed by atoms with Crippen molar-refractivity contribution in [3.05, 3.63) is 12.2 Å². The third-order valence-corrected chi connectivity index (χ3v) is 3.90. The summed E-state index contributed by atoms with van der Waals surface area (Å²) in [6.07, 6.45) is 10.2. The van der Waals surface area contributed by atoms with E-state index in [0.717, 1.165) is 50.7 Å². The fourth-order valence-corrected chi connectivity index (χ4v) is 2.66. The molecule has 130 valence electrons. The molecule has 0 N–H and O–H groups in total. The monoisotopic (exact) mass is 324 g/mol. The third-order valence-electron chi connectivity index (χ3n) is 3.90. The Morgan fingerprint density at radius 2 is 1.57 bits per heavy atom. The molecule has 5 heteroatoms. The van der Waals surface area contributed by atoms with Gasteiger partial charge in [-0.25, -0.2) is 4.79 Å². The standard InChI is InChI=1S/C18H28O5/c1-14-10-8-6-4-3-5-7-9-11-17(23-15(2)19)16(20)12-13-18(21)22-14/h12-14,17H,3-11H2,1-2H3. The summed E-state index contributed by atoms with van der Waals surface area (Å²) in [5.41, 5.74) is 0. The number of carbonyl (C=O) groups excluding carboxylic acids is 3. The van der Waals surface area contributed by atoms with E-state index in [9.17, 15) is 14.4 Å². The average molecular weight is 324 g/mol. The van der Waals surface area contributed by atoms with Crippen LogP contribution in [0.25, 0.3) is 0 Å². The number of esters is 2. The lowest BCUT2D eigenvalue weighted by Gasteiger charge is -2.15. The minimum Gasteiger partial charge on any atom is -0.460 e. The lowest BCUT2D eigenvalue weighted by atomic mass is 10.0. The second kappa shape index (κ2) is 11.0. The largest absolute Gasteiger partial charge is 0.460 e. The predicted molar refractivity (Wildman–Crippen MR) is 86.8 cm³/mol. The molecule has 5 nitrogen and oxygen atoms in total. The number of carbonyl (C=O) groups is 3. The van der Waals surface area contributed by atoms with E-state index in [4.69, 9.17) is 9.47 Å². The summed E-state index contributed by atoms with van der Waals surface area (Å²) in [4.78, 5) is 34.9. The first-order valence-corrected chi connectivity index (χ1v) is 8.59. The Morgan fingerprint density at radius 3 is 2.17 bits per heavy atom. The first kappa shape index (κ1) is 19.4. The summed E-state index contributed by atoms with van der Waals surface area (Å²) >= 11 is 0. The van der Waals surface area contributed by atoms with Crippen LogP contribution in [0, 0.1) is 0 Å². The molecule has 0 aromatic rings. The van der Waals surface area contributed by atoms with Crippen molar-refractivity contribution in [3.63, 3.8) is 0 Å². The normalized spacial score (nSPS) is 25.7. The molecule has 1 aliphatic heterocycles. The molecule has 1 heterocycles. The van der Waals surface area contributed by atoms with E-state index in [1.54, 1.807) is 0 Å². The Labute approximate surface area is 138 Å². The summed E-state index contributed by atoms with van der Waals surface area (Å²) in [6, 6.07) is 0. The van der Waals surface area contributed by atoms with Crippen LogP contribution in [-0.4, -0.2) is 29.9 Å². The van der Waals surface area contributed by atoms with E-state index >= 15 is 0 Å². The van der Waals surface area contributed by atoms with E-state index in [0.29, 0.717) is 6.42 Å². The number of rotatable bonds is 1. The average Bonchev–Trinajstić information content (AvgIpc) is 2.48. The number of hydrogen-bond donors (Lipinski definition) is 0. The predicted octanol–water partition coefficient (Wildman–Crippen LogP) is 3.50. The molecule has 0 fully saturated rings. The van der Waals surface area contributed by atoms with Crippen molar-refractivity contribution in [2.45, 2.75) is 83.8 Å². The van der Waals surface area contributed by atoms with Crippen molar-refractivity contribution >= 4 is 17.7 Å². The third kappa shape index (κ3) is 9.16. The molecule has 2 unspecified atom stereocenters. The van der Waals surface area contributed by atoms with Gasteiger partial charge in [-0.15, -0.1) is 0 Å². The molecular formula is C18H28O5. The smallest absolute Gasteiger partial charge is 0.331 e. The minimum absolute atomic E-state index is 0.153. The summed E-state index contributed by atoms with van der Waals surface area (Å²) in [5.74, 6) is -1.38. The molecule has 0 aromatic carbocycles. The highest BCUT2D eigenvalue weighted by atomic mass is 16.5. The van der Waals surface area contributed by atoms with Crippen LogP contribution in [0.4, 0.5) is 0 Å². The molecule has 0 aliphatic carbocycles. The van der Waals surface area contributed by atoms with E-state index in [-0.39, 0.29) is 11.9 Å². The van der Waals surface area contributed by atoms with Gasteiger partial charge in [-0.05, 0) is 38.7 Å². The zero-order valence-electron chi connectivity index (χ0n) is 14.2. The summed E-state index contributed by atoms with van der Waals surface area (Å²) in [6.45, 7) is 3.14. The molecule has 0 radical (unpaired) electrons. The molecule has 0 aromatic heterocycles. The van der Waals surface area contributed by atoms with Crippen molar-refractivity contribution < 1.29 is 23.9 Å². The van der Waals surface area contributed by atoms with Gasteiger partial charge in [0.25, 0.3) is 0 Å². The molecule has 1 aliphatic rings. The van der Waals surface area contributed by atoms with Crippen LogP contribution in [0.2, 0.25) is 0 Å². The van der Waals surface area contributed by atoms with E-state index in [2.05, 4.69) is 0 Å². The van der Waals surface area contributed by atoms with Gasteiger partial charge in [0.15, 0.2) is 11.9 Å². The van der Waals surface area contributed by atoms with E-state index < -0.39 is 18.0 Å². The van der Waals surface area contributed by atoms with E-state index in [1.165, 1.54) is 19.8 Å². The second-order valence-electron chi connectivity index (χ2n) is 6.13. The maximum atomic E-state index is 12.1. The Bertz CT molecular complexity index is 427. The molecule has 0 spiro atoms. The number of cyclic esters (lactones) is 1. The summed E-state index contributed by atoms with van der Waals surface area (Å²) in [5, 5.41) is 0. The van der Waals surface area contributed by atoms with Gasteiger partial charge in [-0.3, -0.25) is 9.59 Å². The number of ketones is 1. The van der Waals surface area contributed by atoms with Gasteiger partial charge in [-0.1, -0.05) is 32.1 Å². The first-order chi connectivity index (χ1) is 11.0. The zero-order chi connectivity index (χ0) is 17.1. The van der Waals surface area contributed by atoms with Gasteiger partial charge in [0.1, 0.15) is 0 Å². The maximum Gasteiger partial charge on any atom is 0.331 e. The fraction of sp³-hybridized carbons (Fsp3) is 0.722. The molecule has 0 bridgehead atoms. The Balaban J connectivity index is 2.68. The van der Waals surface area contributed by atoms with Gasteiger partial charge in [0.05, 0.1) is 6.10 Å². The lowest BCUT2D eigenvalue weighted by molar-refractivity contribution is -0.151. The van der Waals surface area contributed by atoms with E-state index in [1.807, 2.05) is 6.92 Å². The molecule has 0 saturated carbocycles. The summed E-state index contributed by atoms with van der Waals surface area (Å²) < 4.78 is 10.3. The molecular weight excluding hydrogens is 296 g/mol. The van der Waals surface area contributed by atoms with Crippen LogP contribution in [-0.2, 0) is 23.9 Å². The van der Waals surface area contributed by atoms with Crippen LogP contribution < -0.4 is 0 Å². The molecule has 0 saturated heterocycles. The van der Waals surface area contributed by atoms with Crippen LogP contribution in [0.15, 0.2) is 12.2 Å². The first-order valence-electron chi connectivity index (χ1n) is 8.59. The van der Waals surface area contributed by atoms with Gasteiger partial charge < -0.3 is 9.47 Å². The highest BCUT2D eigenvalue weighted by Crippen LogP contribution is 2.15. The molecule has 0 amide bonds. The van der Waals surface area contributed by atoms with Gasteiger partial charge in [-0.2, -0.15) is 0 Å². The van der Waals surface area contributed by atoms with Crippen molar-refractivity contribution in [3.8, 4) is 0 Å². The number of hydrogen-bond acceptors (Lipinski definition) is 5. The SMILES string of the molecule is CC(=O)OC1CCCCCCCCCC(C)OC(=O)C=CC1=O. The van der Waals surface area contributed by atoms with Crippen molar-refractivity contribution in [2.75, 3.05) is 0 Å². The fourth-order valence-electron chi connectivity index (χ4n) is 2.66. The highest BCUT2D eigenvalue weighted by Gasteiger charge is 2.19. The second-order valence-corrected chi connectivity index (χ2v) is 6.13. The van der Waals surface area contributed by atoms with Gasteiger partial charge in [0.2, 0.25) is 0 Å². The molecule has 2 atom stereocenters. The van der Waals surface area contributed by atoms with Gasteiger partial charge in [0, 0.05) is 13.0 Å². The number of ether oxygens (including phenoxy) is 2. The zero-order valence-corrected chi connectivity index (χ0v) is 14.2. The Morgan fingerprint density at radius 1 is 1.00 bits per heavy atom. The van der Waals surface area contributed by atoms with Crippen molar-refractivity contribution in [1.29, 1.82) is 0 Å². The molecule has 23 heavy (non-hydrogen) atoms. The maximum absolute atomic E-state index is 12.1. The van der Waals surface area contributed by atoms with Crippen LogP contribution in [0.3, 0.4) is 0 Å². The van der Waals surface area contributed by atoms with Gasteiger partial charge >= 0.3 is 11.9 Å². The van der Waals surface area contributed by atoms with Crippen LogP contribution in [0.5, 0.6) is 0 Å². The van der Waals surface area contributed by atoms with Crippen LogP contribution >= 0.6 is 0 Å². The minimum atomic E-state index is -0.804. The lowest BCUT2D eigenvalue weighted by Crippen LogP contribution is -2.25. The highest BCUT2D eigenvalue weighted by molar-refractivity contribution is 5.99. The summed E-state index contributed by atoms with van der Waals surface area (Å²) in [7, 11) is 0. The van der Waals surface area contributed by atoms with Crippen molar-refractivity contribution in [1.82, 2.24) is 0 Å².